The van der Waals surface area contributed by atoms with Crippen molar-refractivity contribution < 1.29 is 31.5 Å². The lowest BCUT2D eigenvalue weighted by molar-refractivity contribution is 0.0708. The molecule has 1 N–H and O–H groups in total. The van der Waals surface area contributed by atoms with E-state index in [1.807, 2.05) is 6.92 Å². The minimum atomic E-state index is -3.21. The molecule has 2 fully saturated rings. The van der Waals surface area contributed by atoms with Crippen LogP contribution in [0.1, 0.15) is 61.4 Å². The third-order valence-corrected chi connectivity index (χ3v) is 9.13. The molecule has 1 saturated heterocycles. The molecule has 236 valence electrons. The molecule has 0 spiro atoms. The van der Waals surface area contributed by atoms with E-state index in [0.717, 1.165) is 63.3 Å². The number of rotatable bonds is 12. The number of sulfonamides is 1. The van der Waals surface area contributed by atoms with E-state index >= 15 is 0 Å². The molecule has 2 aromatic carbocycles. The van der Waals surface area contributed by atoms with Gasteiger partial charge in [0, 0.05) is 48.9 Å². The Morgan fingerprint density at radius 2 is 1.77 bits per heavy atom. The fraction of sp³-hybridized carbons (Fsp3) is 0.531. The number of ether oxygens (including phenoxy) is 2. The highest BCUT2D eigenvalue weighted by atomic mass is 32.2. The van der Waals surface area contributed by atoms with Crippen molar-refractivity contribution in [1.29, 1.82) is 0 Å². The molecule has 1 aliphatic heterocycles. The molecule has 43 heavy (non-hydrogen) atoms. The zero-order valence-corrected chi connectivity index (χ0v) is 26.3. The number of halogens is 2. The predicted octanol–water partition coefficient (Wildman–Crippen LogP) is 5.10. The fourth-order valence-electron chi connectivity index (χ4n) is 6.30. The minimum Gasteiger partial charge on any atom is -0.493 e. The number of carbonyl (C=O) groups is 1. The van der Waals surface area contributed by atoms with Crippen molar-refractivity contribution in [3.8, 4) is 11.5 Å². The van der Waals surface area contributed by atoms with E-state index in [2.05, 4.69) is 9.62 Å². The number of likely N-dealkylation sites (tertiary alicyclic amines) is 1. The van der Waals surface area contributed by atoms with E-state index in [1.165, 1.54) is 32.6 Å². The van der Waals surface area contributed by atoms with Crippen LogP contribution in [0, 0.1) is 17.6 Å². The summed E-state index contributed by atoms with van der Waals surface area (Å²) >= 11 is 0. The van der Waals surface area contributed by atoms with Gasteiger partial charge in [-0.2, -0.15) is 0 Å². The molecule has 1 heterocycles. The van der Waals surface area contributed by atoms with Crippen molar-refractivity contribution in [2.45, 2.75) is 57.5 Å². The van der Waals surface area contributed by atoms with Gasteiger partial charge in [0.25, 0.3) is 5.91 Å². The summed E-state index contributed by atoms with van der Waals surface area (Å²) in [5, 5.41) is 0. The van der Waals surface area contributed by atoms with Gasteiger partial charge in [-0.15, -0.1) is 0 Å². The Kier molecular flexibility index (Phi) is 11.2. The van der Waals surface area contributed by atoms with E-state index in [9.17, 15) is 22.0 Å². The maximum absolute atomic E-state index is 14.4. The quantitative estimate of drug-likeness (QED) is 0.356. The van der Waals surface area contributed by atoms with Crippen LogP contribution in [0.3, 0.4) is 0 Å². The van der Waals surface area contributed by atoms with E-state index in [4.69, 9.17) is 9.47 Å². The first kappa shape index (κ1) is 32.9. The molecule has 2 aliphatic rings. The first-order chi connectivity index (χ1) is 20.5. The molecule has 0 bridgehead atoms. The molecule has 0 radical (unpaired) electrons. The third kappa shape index (κ3) is 9.23. The van der Waals surface area contributed by atoms with Crippen LogP contribution in [-0.2, 0) is 10.0 Å². The maximum Gasteiger partial charge on any atom is 0.254 e. The fourth-order valence-corrected chi connectivity index (χ4v) is 7.14. The Bertz CT molecular complexity index is 1410. The number of benzene rings is 2. The Morgan fingerprint density at radius 1 is 1.05 bits per heavy atom. The number of amides is 1. The van der Waals surface area contributed by atoms with Gasteiger partial charge in [0.2, 0.25) is 10.0 Å². The lowest BCUT2D eigenvalue weighted by Gasteiger charge is -2.35. The van der Waals surface area contributed by atoms with E-state index in [1.54, 1.807) is 29.2 Å². The molecule has 1 atom stereocenters. The monoisotopic (exact) mass is 619 g/mol. The lowest BCUT2D eigenvalue weighted by atomic mass is 9.86. The largest absolute Gasteiger partial charge is 0.493 e. The average molecular weight is 620 g/mol. The van der Waals surface area contributed by atoms with Crippen LogP contribution in [-0.4, -0.2) is 82.9 Å². The van der Waals surface area contributed by atoms with Gasteiger partial charge < -0.3 is 14.4 Å². The molecule has 0 unspecified atom stereocenters. The summed E-state index contributed by atoms with van der Waals surface area (Å²) in [6, 6.07) is 8.71. The third-order valence-electron chi connectivity index (χ3n) is 8.37. The molecule has 0 aromatic heterocycles. The van der Waals surface area contributed by atoms with Crippen molar-refractivity contribution >= 4 is 22.0 Å². The van der Waals surface area contributed by atoms with Gasteiger partial charge in [0.15, 0.2) is 11.5 Å². The van der Waals surface area contributed by atoms with Gasteiger partial charge in [0.1, 0.15) is 11.6 Å². The second-order valence-corrected chi connectivity index (χ2v) is 13.6. The highest BCUT2D eigenvalue weighted by molar-refractivity contribution is 7.88. The smallest absolute Gasteiger partial charge is 0.254 e. The topological polar surface area (TPSA) is 88.2 Å². The molecular weight excluding hydrogens is 576 g/mol. The maximum atomic E-state index is 14.4. The lowest BCUT2D eigenvalue weighted by Crippen LogP contribution is -2.46. The SMILES string of the molecule is COc1ccc(C(=O)N(CC(C)=Cc2ccc(F)cc2F)C[C@@H]2CCCN2CC2CCC(NS(C)(=O)=O)CC2)cc1OC. The summed E-state index contributed by atoms with van der Waals surface area (Å²) in [5.41, 5.74) is 1.49. The molecule has 2 aromatic rings. The van der Waals surface area contributed by atoms with Crippen molar-refractivity contribution in [1.82, 2.24) is 14.5 Å². The Hall–Kier alpha value is -3.02. The molecule has 1 saturated carbocycles. The Labute approximate surface area is 254 Å². The minimum absolute atomic E-state index is 0.00377. The van der Waals surface area contributed by atoms with E-state index in [0.29, 0.717) is 29.5 Å². The molecule has 1 amide bonds. The first-order valence-electron chi connectivity index (χ1n) is 14.8. The molecule has 1 aliphatic carbocycles. The normalized spacial score (nSPS) is 21.5. The number of carbonyl (C=O) groups excluding carboxylic acids is 1. The van der Waals surface area contributed by atoms with Gasteiger partial charge in [0.05, 0.1) is 20.5 Å². The number of hydrogen-bond acceptors (Lipinski definition) is 6. The number of nitrogens with zero attached hydrogens (tertiary/aromatic N) is 2. The van der Waals surface area contributed by atoms with Gasteiger partial charge in [-0.3, -0.25) is 9.69 Å². The predicted molar refractivity (Wildman–Crippen MR) is 164 cm³/mol. The summed E-state index contributed by atoms with van der Waals surface area (Å²) in [4.78, 5) is 18.2. The summed E-state index contributed by atoms with van der Waals surface area (Å²) in [6.07, 6.45) is 8.40. The Balaban J connectivity index is 1.50. The van der Waals surface area contributed by atoms with Crippen LogP contribution in [0.4, 0.5) is 8.78 Å². The van der Waals surface area contributed by atoms with Crippen LogP contribution in [0.25, 0.3) is 6.08 Å². The molecule has 11 heteroatoms. The van der Waals surface area contributed by atoms with Crippen LogP contribution in [0.5, 0.6) is 11.5 Å². The zero-order chi connectivity index (χ0) is 31.1. The average Bonchev–Trinajstić information content (AvgIpc) is 3.39. The number of methoxy groups -OCH3 is 2. The first-order valence-corrected chi connectivity index (χ1v) is 16.7. The second-order valence-electron chi connectivity index (χ2n) is 11.8. The van der Waals surface area contributed by atoms with Crippen LogP contribution < -0.4 is 14.2 Å². The summed E-state index contributed by atoms with van der Waals surface area (Å²) in [7, 11) is -0.152. The van der Waals surface area contributed by atoms with E-state index in [-0.39, 0.29) is 30.1 Å². The second kappa shape index (κ2) is 14.6. The number of nitrogens with one attached hydrogen (secondary N) is 1. The van der Waals surface area contributed by atoms with Gasteiger partial charge in [-0.1, -0.05) is 11.6 Å². The Morgan fingerprint density at radius 3 is 2.42 bits per heavy atom. The molecule has 8 nitrogen and oxygen atoms in total. The molecular formula is C32H43F2N3O5S. The van der Waals surface area contributed by atoms with Crippen LogP contribution in [0.2, 0.25) is 0 Å². The van der Waals surface area contributed by atoms with Crippen molar-refractivity contribution in [3.63, 3.8) is 0 Å². The van der Waals surface area contributed by atoms with Gasteiger partial charge in [-0.25, -0.2) is 21.9 Å². The van der Waals surface area contributed by atoms with Gasteiger partial charge in [-0.05, 0) is 88.2 Å². The zero-order valence-electron chi connectivity index (χ0n) is 25.4. The van der Waals surface area contributed by atoms with Crippen molar-refractivity contribution in [2.24, 2.45) is 5.92 Å². The van der Waals surface area contributed by atoms with Gasteiger partial charge >= 0.3 is 0 Å². The van der Waals surface area contributed by atoms with Crippen molar-refractivity contribution in [2.75, 3.05) is 46.7 Å². The molecule has 4 rings (SSSR count). The van der Waals surface area contributed by atoms with Crippen molar-refractivity contribution in [3.05, 3.63) is 64.7 Å². The number of hydrogen-bond donors (Lipinski definition) is 1. The standard InChI is InChI=1S/C32H43F2N3O5S/c1-22(16-24-9-11-26(33)18-29(24)34)19-37(32(38)25-10-14-30(41-2)31(17-25)42-3)21-28-6-5-15-36(28)20-23-7-12-27(13-8-23)35-43(4,39)40/h9-11,14,16-18,23,27-28,35H,5-8,12-13,15,19-21H2,1-4H3/t23?,27?,28-/m0/s1. The van der Waals surface area contributed by atoms with E-state index < -0.39 is 21.7 Å². The highest BCUT2D eigenvalue weighted by Crippen LogP contribution is 2.31. The summed E-state index contributed by atoms with van der Waals surface area (Å²) in [6.45, 7) is 4.46. The highest BCUT2D eigenvalue weighted by Gasteiger charge is 2.32. The summed E-state index contributed by atoms with van der Waals surface area (Å²) in [5.74, 6) is -0.0161. The van der Waals surface area contributed by atoms with Crippen LogP contribution in [0.15, 0.2) is 42.0 Å². The van der Waals surface area contributed by atoms with Crippen LogP contribution >= 0.6 is 0 Å². The summed E-state index contributed by atoms with van der Waals surface area (Å²) < 4.78 is 64.7.